The van der Waals surface area contributed by atoms with Gasteiger partial charge in [0.15, 0.2) is 0 Å². The molecule has 3 rings (SSSR count). The van der Waals surface area contributed by atoms with Crippen molar-refractivity contribution < 1.29 is 14.3 Å². The van der Waals surface area contributed by atoms with Gasteiger partial charge >= 0.3 is 5.97 Å². The normalized spacial score (nSPS) is 36.8. The SMILES string of the molecule is COC(=O)CC1CCCCN1C(=O)C1C2CCCC21. The molecule has 4 nitrogen and oxygen atoms in total. The Morgan fingerprint density at radius 1 is 1.11 bits per heavy atom. The second-order valence-electron chi connectivity index (χ2n) is 6.25. The molecule has 0 radical (unpaired) electrons. The predicted molar refractivity (Wildman–Crippen MR) is 70.3 cm³/mol. The van der Waals surface area contributed by atoms with Crippen LogP contribution in [0.4, 0.5) is 0 Å². The molecule has 2 saturated carbocycles. The number of fused-ring (bicyclic) bond motifs is 1. The molecule has 0 spiro atoms. The molecule has 3 unspecified atom stereocenters. The molecule has 1 saturated heterocycles. The topological polar surface area (TPSA) is 46.6 Å². The number of methoxy groups -OCH3 is 1. The summed E-state index contributed by atoms with van der Waals surface area (Å²) < 4.78 is 4.75. The number of likely N-dealkylation sites (tertiary alicyclic amines) is 1. The predicted octanol–water partition coefficient (Wildman–Crippen LogP) is 1.98. The monoisotopic (exact) mass is 265 g/mol. The van der Waals surface area contributed by atoms with E-state index in [-0.39, 0.29) is 17.9 Å². The van der Waals surface area contributed by atoms with Crippen LogP contribution in [0, 0.1) is 17.8 Å². The zero-order valence-corrected chi connectivity index (χ0v) is 11.6. The summed E-state index contributed by atoms with van der Waals surface area (Å²) >= 11 is 0. The zero-order chi connectivity index (χ0) is 13.4. The number of esters is 1. The van der Waals surface area contributed by atoms with E-state index in [4.69, 9.17) is 4.74 Å². The van der Waals surface area contributed by atoms with Gasteiger partial charge in [-0.3, -0.25) is 9.59 Å². The number of carbonyl (C=O) groups excluding carboxylic acids is 2. The lowest BCUT2D eigenvalue weighted by Gasteiger charge is -2.35. The maximum atomic E-state index is 12.6. The fourth-order valence-corrected chi connectivity index (χ4v) is 4.16. The number of hydrogen-bond acceptors (Lipinski definition) is 3. The van der Waals surface area contributed by atoms with Crippen LogP contribution in [-0.4, -0.2) is 36.5 Å². The molecule has 0 aromatic heterocycles. The summed E-state index contributed by atoms with van der Waals surface area (Å²) in [6.45, 7) is 0.830. The van der Waals surface area contributed by atoms with Gasteiger partial charge in [0.05, 0.1) is 13.5 Å². The van der Waals surface area contributed by atoms with E-state index in [0.717, 1.165) is 25.8 Å². The van der Waals surface area contributed by atoms with Crippen LogP contribution in [0.5, 0.6) is 0 Å². The van der Waals surface area contributed by atoms with Crippen molar-refractivity contribution >= 4 is 11.9 Å². The van der Waals surface area contributed by atoms with Crippen molar-refractivity contribution in [3.8, 4) is 0 Å². The summed E-state index contributed by atoms with van der Waals surface area (Å²) in [7, 11) is 1.42. The highest BCUT2D eigenvalue weighted by molar-refractivity contribution is 5.83. The number of rotatable bonds is 3. The lowest BCUT2D eigenvalue weighted by molar-refractivity contribution is -0.145. The molecule has 106 valence electrons. The second kappa shape index (κ2) is 5.14. The second-order valence-corrected chi connectivity index (χ2v) is 6.25. The minimum absolute atomic E-state index is 0.0787. The summed E-state index contributed by atoms with van der Waals surface area (Å²) in [6, 6.07) is 0.0787. The van der Waals surface area contributed by atoms with Crippen molar-refractivity contribution in [1.29, 1.82) is 0 Å². The third kappa shape index (κ3) is 2.37. The highest BCUT2D eigenvalue weighted by Gasteiger charge is 2.58. The quantitative estimate of drug-likeness (QED) is 0.733. The Bertz CT molecular complexity index is 372. The highest BCUT2D eigenvalue weighted by Crippen LogP contribution is 2.58. The molecule has 0 N–H and O–H groups in total. The molecule has 2 aliphatic carbocycles. The third-order valence-corrected chi connectivity index (χ3v) is 5.23. The van der Waals surface area contributed by atoms with Crippen LogP contribution < -0.4 is 0 Å². The van der Waals surface area contributed by atoms with Crippen LogP contribution in [-0.2, 0) is 14.3 Å². The molecular formula is C15H23NO3. The standard InChI is InChI=1S/C15H23NO3/c1-19-13(17)9-10-5-2-3-8-16(10)15(18)14-11-6-4-7-12(11)14/h10-12,14H,2-9H2,1H3. The van der Waals surface area contributed by atoms with Gasteiger partial charge in [0, 0.05) is 18.5 Å². The Hall–Kier alpha value is -1.06. The maximum Gasteiger partial charge on any atom is 0.307 e. The largest absolute Gasteiger partial charge is 0.469 e. The van der Waals surface area contributed by atoms with Crippen molar-refractivity contribution in [2.45, 2.75) is 51.0 Å². The van der Waals surface area contributed by atoms with Crippen LogP contribution in [0.15, 0.2) is 0 Å². The Morgan fingerprint density at radius 2 is 1.84 bits per heavy atom. The van der Waals surface area contributed by atoms with E-state index < -0.39 is 0 Å². The van der Waals surface area contributed by atoms with Crippen LogP contribution in [0.2, 0.25) is 0 Å². The molecule has 4 heteroatoms. The van der Waals surface area contributed by atoms with Gasteiger partial charge in [-0.25, -0.2) is 0 Å². The van der Waals surface area contributed by atoms with Gasteiger partial charge in [-0.1, -0.05) is 6.42 Å². The minimum atomic E-state index is -0.194. The summed E-state index contributed by atoms with van der Waals surface area (Å²) in [5.41, 5.74) is 0. The third-order valence-electron chi connectivity index (χ3n) is 5.23. The van der Waals surface area contributed by atoms with E-state index in [9.17, 15) is 9.59 Å². The first kappa shape index (κ1) is 12.9. The van der Waals surface area contributed by atoms with Crippen molar-refractivity contribution in [2.24, 2.45) is 17.8 Å². The number of hydrogen-bond donors (Lipinski definition) is 0. The maximum absolute atomic E-state index is 12.6. The molecule has 3 atom stereocenters. The summed E-state index contributed by atoms with van der Waals surface area (Å²) in [5.74, 6) is 1.73. The lowest BCUT2D eigenvalue weighted by Crippen LogP contribution is -2.46. The summed E-state index contributed by atoms with van der Waals surface area (Å²) in [4.78, 5) is 26.1. The molecule has 1 heterocycles. The van der Waals surface area contributed by atoms with Gasteiger partial charge < -0.3 is 9.64 Å². The van der Waals surface area contributed by atoms with Crippen LogP contribution in [0.3, 0.4) is 0 Å². The smallest absolute Gasteiger partial charge is 0.307 e. The Kier molecular flexibility index (Phi) is 3.50. The average molecular weight is 265 g/mol. The van der Waals surface area contributed by atoms with E-state index in [1.807, 2.05) is 4.90 Å². The van der Waals surface area contributed by atoms with E-state index in [1.54, 1.807) is 0 Å². The van der Waals surface area contributed by atoms with Gasteiger partial charge in [-0.15, -0.1) is 0 Å². The van der Waals surface area contributed by atoms with Gasteiger partial charge in [-0.2, -0.15) is 0 Å². The lowest BCUT2D eigenvalue weighted by atomic mass is 9.98. The molecule has 3 aliphatic rings. The Balaban J connectivity index is 1.63. The van der Waals surface area contributed by atoms with E-state index in [0.29, 0.717) is 24.2 Å². The first-order valence-corrected chi connectivity index (χ1v) is 7.59. The highest BCUT2D eigenvalue weighted by atomic mass is 16.5. The summed E-state index contributed by atoms with van der Waals surface area (Å²) in [5, 5.41) is 0. The number of carbonyl (C=O) groups is 2. The fraction of sp³-hybridized carbons (Fsp3) is 0.867. The first-order chi connectivity index (χ1) is 9.22. The molecule has 0 aromatic rings. The first-order valence-electron chi connectivity index (χ1n) is 7.59. The molecular weight excluding hydrogens is 242 g/mol. The van der Waals surface area contributed by atoms with Crippen molar-refractivity contribution in [3.63, 3.8) is 0 Å². The Morgan fingerprint density at radius 3 is 2.53 bits per heavy atom. The number of ether oxygens (including phenoxy) is 1. The molecule has 0 aromatic carbocycles. The molecule has 3 fully saturated rings. The van der Waals surface area contributed by atoms with Crippen molar-refractivity contribution in [3.05, 3.63) is 0 Å². The minimum Gasteiger partial charge on any atom is -0.469 e. The Labute approximate surface area is 114 Å². The molecule has 0 bridgehead atoms. The number of piperidine rings is 1. The van der Waals surface area contributed by atoms with Crippen molar-refractivity contribution in [2.75, 3.05) is 13.7 Å². The fourth-order valence-electron chi connectivity index (χ4n) is 4.16. The molecule has 1 amide bonds. The van der Waals surface area contributed by atoms with Gasteiger partial charge in [0.25, 0.3) is 0 Å². The van der Waals surface area contributed by atoms with Gasteiger partial charge in [0.1, 0.15) is 0 Å². The molecule has 1 aliphatic heterocycles. The van der Waals surface area contributed by atoms with Crippen LogP contribution in [0.1, 0.15) is 44.9 Å². The van der Waals surface area contributed by atoms with E-state index in [2.05, 4.69) is 0 Å². The van der Waals surface area contributed by atoms with Crippen LogP contribution >= 0.6 is 0 Å². The van der Waals surface area contributed by atoms with Crippen LogP contribution in [0.25, 0.3) is 0 Å². The van der Waals surface area contributed by atoms with Gasteiger partial charge in [-0.05, 0) is 43.9 Å². The number of amides is 1. The average Bonchev–Trinajstić information content (AvgIpc) is 2.91. The molecule has 19 heavy (non-hydrogen) atoms. The zero-order valence-electron chi connectivity index (χ0n) is 11.6. The van der Waals surface area contributed by atoms with E-state index in [1.165, 1.54) is 26.4 Å². The van der Waals surface area contributed by atoms with E-state index >= 15 is 0 Å². The summed E-state index contributed by atoms with van der Waals surface area (Å²) in [6.07, 6.45) is 7.26. The number of nitrogens with zero attached hydrogens (tertiary/aromatic N) is 1. The van der Waals surface area contributed by atoms with Gasteiger partial charge in [0.2, 0.25) is 5.91 Å². The van der Waals surface area contributed by atoms with Crippen molar-refractivity contribution in [1.82, 2.24) is 4.90 Å².